The molecule has 0 aromatic heterocycles. The number of aliphatic hydroxyl groups is 1. The Bertz CT molecular complexity index is 687. The topological polar surface area (TPSA) is 119 Å². The molecule has 1 amide bonds. The lowest BCUT2D eigenvalue weighted by Gasteiger charge is -2.18. The molecular formula is C15H20N2O5S. The van der Waals surface area contributed by atoms with Gasteiger partial charge in [-0.25, -0.2) is 8.42 Å². The van der Waals surface area contributed by atoms with Crippen LogP contribution in [0.3, 0.4) is 0 Å². The van der Waals surface area contributed by atoms with Crippen LogP contribution in [0, 0.1) is 11.8 Å². The summed E-state index contributed by atoms with van der Waals surface area (Å²) < 4.78 is 29.8. The zero-order chi connectivity index (χ0) is 17.5. The van der Waals surface area contributed by atoms with E-state index in [0.29, 0.717) is 5.69 Å². The Morgan fingerprint density at radius 1 is 1.35 bits per heavy atom. The number of anilines is 1. The van der Waals surface area contributed by atoms with Crippen LogP contribution in [0.15, 0.2) is 29.2 Å². The Morgan fingerprint density at radius 2 is 1.96 bits per heavy atom. The molecule has 1 aromatic rings. The first-order chi connectivity index (χ1) is 10.8. The van der Waals surface area contributed by atoms with Gasteiger partial charge < -0.3 is 20.9 Å². The van der Waals surface area contributed by atoms with Gasteiger partial charge in [0, 0.05) is 26.1 Å². The number of hydrogen-bond donors (Lipinski definition) is 3. The quantitative estimate of drug-likeness (QED) is 0.499. The first-order valence-electron chi connectivity index (χ1n) is 6.79. The summed E-state index contributed by atoms with van der Waals surface area (Å²) in [4.78, 5) is 11.0. The predicted molar refractivity (Wildman–Crippen MR) is 86.2 cm³/mol. The lowest BCUT2D eigenvalue weighted by molar-refractivity contribution is -0.114. The Labute approximate surface area is 135 Å². The summed E-state index contributed by atoms with van der Waals surface area (Å²) in [6.45, 7) is 1.52. The molecule has 8 heteroatoms. The highest BCUT2D eigenvalue weighted by Crippen LogP contribution is 2.21. The molecule has 0 radical (unpaired) electrons. The van der Waals surface area contributed by atoms with E-state index in [0.717, 1.165) is 0 Å². The monoisotopic (exact) mass is 340 g/mol. The van der Waals surface area contributed by atoms with E-state index < -0.39 is 21.3 Å². The van der Waals surface area contributed by atoms with Crippen LogP contribution in [0.4, 0.5) is 5.69 Å². The first kappa shape index (κ1) is 19.1. The Balaban J connectivity index is 3.01. The number of nitrogens with one attached hydrogen (secondary N) is 1. The second-order valence-corrected chi connectivity index (χ2v) is 6.94. The highest BCUT2D eigenvalue weighted by molar-refractivity contribution is 7.92. The molecule has 0 bridgehead atoms. The van der Waals surface area contributed by atoms with Gasteiger partial charge in [0.25, 0.3) is 0 Å². The normalized spacial score (nSPS) is 13.6. The second-order valence-electron chi connectivity index (χ2n) is 4.77. The third-order valence-corrected chi connectivity index (χ3v) is 5.10. The number of amides is 1. The molecule has 4 N–H and O–H groups in total. The van der Waals surface area contributed by atoms with Gasteiger partial charge in [0.05, 0.1) is 4.90 Å². The Morgan fingerprint density at radius 3 is 2.43 bits per heavy atom. The lowest BCUT2D eigenvalue weighted by atomic mass is 10.3. The van der Waals surface area contributed by atoms with Crippen molar-refractivity contribution in [3.8, 4) is 11.8 Å². The van der Waals surface area contributed by atoms with Crippen molar-refractivity contribution in [2.75, 3.05) is 19.0 Å². The largest absolute Gasteiger partial charge is 0.377 e. The first-order valence-corrected chi connectivity index (χ1v) is 8.33. The molecular weight excluding hydrogens is 320 g/mol. The van der Waals surface area contributed by atoms with Crippen LogP contribution >= 0.6 is 0 Å². The van der Waals surface area contributed by atoms with E-state index in [-0.39, 0.29) is 23.8 Å². The number of carbonyl (C=O) groups is 1. The van der Waals surface area contributed by atoms with Crippen LogP contribution in [0.2, 0.25) is 0 Å². The summed E-state index contributed by atoms with van der Waals surface area (Å²) in [5, 5.41) is 10.9. The van der Waals surface area contributed by atoms with Gasteiger partial charge in [-0.15, -0.1) is 0 Å². The van der Waals surface area contributed by atoms with Crippen molar-refractivity contribution in [2.24, 2.45) is 5.73 Å². The molecule has 7 nitrogen and oxygen atoms in total. The molecule has 2 atom stereocenters. The van der Waals surface area contributed by atoms with E-state index in [1.165, 1.54) is 38.3 Å². The summed E-state index contributed by atoms with van der Waals surface area (Å²) in [5.41, 5.74) is 5.86. The van der Waals surface area contributed by atoms with Gasteiger partial charge >= 0.3 is 0 Å². The van der Waals surface area contributed by atoms with Gasteiger partial charge in [-0.05, 0) is 24.3 Å². The zero-order valence-electron chi connectivity index (χ0n) is 12.9. The van der Waals surface area contributed by atoms with Crippen molar-refractivity contribution in [3.63, 3.8) is 0 Å². The molecule has 0 aliphatic rings. The van der Waals surface area contributed by atoms with Crippen LogP contribution < -0.4 is 11.1 Å². The number of carbonyl (C=O) groups excluding carboxylic acids is 1. The van der Waals surface area contributed by atoms with Gasteiger partial charge in [0.1, 0.15) is 18.1 Å². The van der Waals surface area contributed by atoms with E-state index in [9.17, 15) is 18.3 Å². The molecule has 0 fully saturated rings. The summed E-state index contributed by atoms with van der Waals surface area (Å²) in [5.74, 6) is 4.99. The van der Waals surface area contributed by atoms with E-state index in [1.807, 2.05) is 0 Å². The van der Waals surface area contributed by atoms with Gasteiger partial charge in [-0.2, -0.15) is 0 Å². The molecule has 1 aromatic carbocycles. The number of benzene rings is 1. The number of aliphatic hydroxyl groups excluding tert-OH is 1. The van der Waals surface area contributed by atoms with Gasteiger partial charge in [-0.3, -0.25) is 4.79 Å². The average molecular weight is 340 g/mol. The van der Waals surface area contributed by atoms with E-state index in [4.69, 9.17) is 10.5 Å². The van der Waals surface area contributed by atoms with Crippen LogP contribution in [0.25, 0.3) is 0 Å². The molecule has 23 heavy (non-hydrogen) atoms. The summed E-state index contributed by atoms with van der Waals surface area (Å²) in [7, 11) is -2.39. The molecule has 0 saturated carbocycles. The fraction of sp³-hybridized carbons (Fsp3) is 0.400. The summed E-state index contributed by atoms with van der Waals surface area (Å²) in [6.07, 6.45) is -1.68. The number of rotatable bonds is 6. The van der Waals surface area contributed by atoms with Crippen molar-refractivity contribution in [2.45, 2.75) is 29.7 Å². The van der Waals surface area contributed by atoms with E-state index >= 15 is 0 Å². The number of sulfone groups is 1. The van der Waals surface area contributed by atoms with Gasteiger partial charge in [0.15, 0.2) is 9.84 Å². The van der Waals surface area contributed by atoms with Crippen LogP contribution in [-0.4, -0.2) is 44.6 Å². The number of hydrogen-bond acceptors (Lipinski definition) is 6. The summed E-state index contributed by atoms with van der Waals surface area (Å²) in [6, 6.07) is 5.62. The molecule has 0 saturated heterocycles. The smallest absolute Gasteiger partial charge is 0.221 e. The van der Waals surface area contributed by atoms with Crippen molar-refractivity contribution in [1.82, 2.24) is 0 Å². The third-order valence-electron chi connectivity index (χ3n) is 2.93. The zero-order valence-corrected chi connectivity index (χ0v) is 13.8. The van der Waals surface area contributed by atoms with Crippen LogP contribution in [0.5, 0.6) is 0 Å². The number of nitrogens with two attached hydrogens (primary N) is 1. The molecule has 2 unspecified atom stereocenters. The van der Waals surface area contributed by atoms with Gasteiger partial charge in [-0.1, -0.05) is 11.8 Å². The average Bonchev–Trinajstić information content (AvgIpc) is 2.46. The maximum atomic E-state index is 12.5. The third kappa shape index (κ3) is 5.65. The standard InChI is InChI=1S/C15H20N2O5S/c1-11(18)17-12-6-8-13(9-7-12)23(20,21)14(15(16)19)5-3-4-10-22-2/h6-9,14-15,19H,5,10,16H2,1-2H3,(H,17,18). The molecule has 0 aliphatic heterocycles. The highest BCUT2D eigenvalue weighted by atomic mass is 32.2. The van der Waals surface area contributed by atoms with E-state index in [1.54, 1.807) is 0 Å². The lowest BCUT2D eigenvalue weighted by Crippen LogP contribution is -2.40. The Kier molecular flexibility index (Phi) is 7.19. The predicted octanol–water partition coefficient (Wildman–Crippen LogP) is 0.104. The number of methoxy groups -OCH3 is 1. The van der Waals surface area contributed by atoms with Crippen LogP contribution in [0.1, 0.15) is 13.3 Å². The van der Waals surface area contributed by atoms with E-state index in [2.05, 4.69) is 17.2 Å². The minimum atomic E-state index is -3.86. The molecule has 0 aliphatic carbocycles. The molecule has 0 spiro atoms. The SMILES string of the molecule is COCC#CCC(C(N)O)S(=O)(=O)c1ccc(NC(C)=O)cc1. The van der Waals surface area contributed by atoms with Crippen LogP contribution in [-0.2, 0) is 19.4 Å². The van der Waals surface area contributed by atoms with Crippen molar-refractivity contribution >= 4 is 21.4 Å². The van der Waals surface area contributed by atoms with Crippen molar-refractivity contribution in [1.29, 1.82) is 0 Å². The minimum Gasteiger partial charge on any atom is -0.377 e. The molecule has 0 heterocycles. The number of ether oxygens (including phenoxy) is 1. The molecule has 126 valence electrons. The van der Waals surface area contributed by atoms with Crippen molar-refractivity contribution < 1.29 is 23.1 Å². The maximum absolute atomic E-state index is 12.5. The highest BCUT2D eigenvalue weighted by Gasteiger charge is 2.31. The van der Waals surface area contributed by atoms with Crippen molar-refractivity contribution in [3.05, 3.63) is 24.3 Å². The fourth-order valence-electron chi connectivity index (χ4n) is 1.82. The summed E-state index contributed by atoms with van der Waals surface area (Å²) >= 11 is 0. The van der Waals surface area contributed by atoms with Gasteiger partial charge in [0.2, 0.25) is 5.91 Å². The second kappa shape index (κ2) is 8.64. The fourth-order valence-corrected chi connectivity index (χ4v) is 3.35. The Hall–Kier alpha value is -1.92. The minimum absolute atomic E-state index is 0.00496. The molecule has 1 rings (SSSR count). The maximum Gasteiger partial charge on any atom is 0.221 e.